The van der Waals surface area contributed by atoms with E-state index in [1.807, 2.05) is 83.1 Å². The predicted octanol–water partition coefficient (Wildman–Crippen LogP) is 5.86. The molecule has 6 heteroatoms. The summed E-state index contributed by atoms with van der Waals surface area (Å²) in [6, 6.07) is -0.225. The lowest BCUT2D eigenvalue weighted by Gasteiger charge is -2.25. The van der Waals surface area contributed by atoms with Crippen LogP contribution in [0.4, 0.5) is 0 Å². The van der Waals surface area contributed by atoms with E-state index >= 15 is 0 Å². The molecule has 0 aliphatic heterocycles. The van der Waals surface area contributed by atoms with E-state index in [9.17, 15) is 19.2 Å². The second-order valence-electron chi connectivity index (χ2n) is 12.5. The maximum Gasteiger partial charge on any atom is 0.223 e. The topological polar surface area (TPSA) is 92.3 Å². The zero-order valence-corrected chi connectivity index (χ0v) is 25.8. The maximum absolute atomic E-state index is 12.2. The first-order valence-corrected chi connectivity index (χ1v) is 14.0. The molecule has 0 unspecified atom stereocenters. The highest BCUT2D eigenvalue weighted by molar-refractivity contribution is 5.91. The van der Waals surface area contributed by atoms with Crippen molar-refractivity contribution in [3.8, 4) is 0 Å². The van der Waals surface area contributed by atoms with E-state index in [1.54, 1.807) is 0 Å². The van der Waals surface area contributed by atoms with Crippen LogP contribution in [0.1, 0.15) is 110 Å². The molecule has 0 spiro atoms. The van der Waals surface area contributed by atoms with E-state index in [1.165, 1.54) is 0 Å². The number of hydrogen-bond donors (Lipinski definition) is 2. The van der Waals surface area contributed by atoms with Gasteiger partial charge in [0.1, 0.15) is 5.78 Å². The summed E-state index contributed by atoms with van der Waals surface area (Å²) in [4.78, 5) is 48.2. The normalized spacial score (nSPS) is 15.1. The summed E-state index contributed by atoms with van der Waals surface area (Å²) in [7, 11) is 0. The van der Waals surface area contributed by atoms with E-state index in [0.29, 0.717) is 12.3 Å². The summed E-state index contributed by atoms with van der Waals surface area (Å²) in [6.45, 7) is 27.6. The van der Waals surface area contributed by atoms with Crippen LogP contribution in [0.5, 0.6) is 0 Å². The van der Waals surface area contributed by atoms with Crippen molar-refractivity contribution >= 4 is 23.3 Å². The standard InChI is InChI=1S/2C15H29NO2/c1-9(2)14(16-11(5)6)13(17)8-12(7)15(18)10(3)4;1-9(2)8-12(7)15(18)16-13(10(3)4)14(17)11(5)6/h9-12,14,16H,8H2,1-7H3;9-13H,8H2,1-7H3,(H,16,18)/t12-,14+;12-,13+/m11/s1. The number of ketones is 3. The third-order valence-corrected chi connectivity index (χ3v) is 6.20. The molecule has 0 aromatic rings. The Morgan fingerprint density at radius 1 is 0.583 bits per heavy atom. The molecule has 36 heavy (non-hydrogen) atoms. The van der Waals surface area contributed by atoms with Crippen LogP contribution >= 0.6 is 0 Å². The van der Waals surface area contributed by atoms with Crippen LogP contribution in [0.15, 0.2) is 0 Å². The third-order valence-electron chi connectivity index (χ3n) is 6.20. The van der Waals surface area contributed by atoms with Crippen LogP contribution < -0.4 is 10.6 Å². The zero-order valence-electron chi connectivity index (χ0n) is 25.8. The van der Waals surface area contributed by atoms with Gasteiger partial charge in [0.25, 0.3) is 0 Å². The van der Waals surface area contributed by atoms with Gasteiger partial charge in [-0.2, -0.15) is 0 Å². The minimum absolute atomic E-state index is 0.00311. The fourth-order valence-corrected chi connectivity index (χ4v) is 4.15. The Labute approximate surface area is 222 Å². The number of amides is 1. The van der Waals surface area contributed by atoms with E-state index in [-0.39, 0.29) is 76.9 Å². The monoisotopic (exact) mass is 510 g/mol. The Balaban J connectivity index is 0. The highest BCUT2D eigenvalue weighted by atomic mass is 16.2. The van der Waals surface area contributed by atoms with Crippen LogP contribution in [0.25, 0.3) is 0 Å². The highest BCUT2D eigenvalue weighted by Crippen LogP contribution is 2.16. The number of nitrogens with one attached hydrogen (secondary N) is 2. The quantitative estimate of drug-likeness (QED) is 0.288. The van der Waals surface area contributed by atoms with Gasteiger partial charge < -0.3 is 10.6 Å². The van der Waals surface area contributed by atoms with Gasteiger partial charge >= 0.3 is 0 Å². The van der Waals surface area contributed by atoms with Gasteiger partial charge in [0.2, 0.25) is 5.91 Å². The van der Waals surface area contributed by atoms with Gasteiger partial charge in [-0.1, -0.05) is 96.9 Å². The van der Waals surface area contributed by atoms with Crippen molar-refractivity contribution in [3.63, 3.8) is 0 Å². The average Bonchev–Trinajstić information content (AvgIpc) is 2.73. The van der Waals surface area contributed by atoms with Gasteiger partial charge in [0, 0.05) is 36.1 Å². The number of carbonyl (C=O) groups is 4. The third kappa shape index (κ3) is 14.9. The van der Waals surface area contributed by atoms with Crippen molar-refractivity contribution in [2.24, 2.45) is 41.4 Å². The molecular formula is C30H58N2O4. The van der Waals surface area contributed by atoms with Gasteiger partial charge in [-0.25, -0.2) is 0 Å². The smallest absolute Gasteiger partial charge is 0.223 e. The zero-order chi connectivity index (χ0) is 28.9. The van der Waals surface area contributed by atoms with Crippen LogP contribution in [-0.2, 0) is 19.2 Å². The second kappa shape index (κ2) is 17.8. The Morgan fingerprint density at radius 2 is 1.03 bits per heavy atom. The van der Waals surface area contributed by atoms with E-state index < -0.39 is 0 Å². The first-order chi connectivity index (χ1) is 16.3. The fourth-order valence-electron chi connectivity index (χ4n) is 4.15. The minimum Gasteiger partial charge on any atom is -0.346 e. The largest absolute Gasteiger partial charge is 0.346 e. The Kier molecular flexibility index (Phi) is 18.1. The van der Waals surface area contributed by atoms with Crippen LogP contribution in [-0.4, -0.2) is 41.4 Å². The van der Waals surface area contributed by atoms with Gasteiger partial charge in [-0.3, -0.25) is 19.2 Å². The second-order valence-corrected chi connectivity index (χ2v) is 12.5. The molecule has 2 N–H and O–H groups in total. The number of hydrogen-bond acceptors (Lipinski definition) is 5. The predicted molar refractivity (Wildman–Crippen MR) is 151 cm³/mol. The number of carbonyl (C=O) groups excluding carboxylic acids is 4. The summed E-state index contributed by atoms with van der Waals surface area (Å²) in [6.07, 6.45) is 1.20. The Morgan fingerprint density at radius 3 is 1.36 bits per heavy atom. The molecule has 0 aromatic heterocycles. The summed E-state index contributed by atoms with van der Waals surface area (Å²) in [5, 5.41) is 6.21. The van der Waals surface area contributed by atoms with E-state index in [0.717, 1.165) is 6.42 Å². The first kappa shape index (κ1) is 36.6. The van der Waals surface area contributed by atoms with Gasteiger partial charge in [-0.15, -0.1) is 0 Å². The lowest BCUT2D eigenvalue weighted by atomic mass is 9.88. The number of rotatable bonds is 15. The van der Waals surface area contributed by atoms with Crippen LogP contribution in [0.2, 0.25) is 0 Å². The molecular weight excluding hydrogens is 452 g/mol. The van der Waals surface area contributed by atoms with Crippen molar-refractivity contribution in [3.05, 3.63) is 0 Å². The lowest BCUT2D eigenvalue weighted by Crippen LogP contribution is -2.47. The lowest BCUT2D eigenvalue weighted by molar-refractivity contribution is -0.132. The van der Waals surface area contributed by atoms with Crippen molar-refractivity contribution < 1.29 is 19.2 Å². The van der Waals surface area contributed by atoms with Gasteiger partial charge in [0.15, 0.2) is 11.6 Å². The maximum atomic E-state index is 12.2. The van der Waals surface area contributed by atoms with Crippen molar-refractivity contribution in [1.29, 1.82) is 0 Å². The molecule has 0 saturated heterocycles. The molecule has 0 bridgehead atoms. The Bertz CT molecular complexity index is 680. The number of Topliss-reactive ketones (excluding diaryl/α,β-unsaturated/α-hetero) is 3. The molecule has 0 aromatic carbocycles. The summed E-state index contributed by atoms with van der Waals surface area (Å²) in [5.41, 5.74) is 0. The molecule has 1 amide bonds. The summed E-state index contributed by atoms with van der Waals surface area (Å²) >= 11 is 0. The van der Waals surface area contributed by atoms with Gasteiger partial charge in [0.05, 0.1) is 12.1 Å². The molecule has 0 rings (SSSR count). The molecule has 0 aliphatic carbocycles. The van der Waals surface area contributed by atoms with Crippen molar-refractivity contribution in [2.45, 2.75) is 128 Å². The molecule has 0 aliphatic rings. The molecule has 0 heterocycles. The van der Waals surface area contributed by atoms with Crippen molar-refractivity contribution in [2.75, 3.05) is 0 Å². The highest BCUT2D eigenvalue weighted by Gasteiger charge is 2.28. The van der Waals surface area contributed by atoms with Gasteiger partial charge in [-0.05, 0) is 24.2 Å². The summed E-state index contributed by atoms with van der Waals surface area (Å²) in [5.74, 6) is 1.07. The first-order valence-electron chi connectivity index (χ1n) is 14.0. The molecule has 4 atom stereocenters. The van der Waals surface area contributed by atoms with E-state index in [2.05, 4.69) is 24.5 Å². The Hall–Kier alpha value is -1.56. The fraction of sp³-hybridized carbons (Fsp3) is 0.867. The minimum atomic E-state index is -0.355. The average molecular weight is 511 g/mol. The van der Waals surface area contributed by atoms with Crippen LogP contribution in [0, 0.1) is 41.4 Å². The molecule has 0 radical (unpaired) electrons. The molecule has 212 valence electrons. The summed E-state index contributed by atoms with van der Waals surface area (Å²) < 4.78 is 0. The molecule has 6 nitrogen and oxygen atoms in total. The van der Waals surface area contributed by atoms with Crippen molar-refractivity contribution in [1.82, 2.24) is 10.6 Å². The SMILES string of the molecule is CC(C)C[C@@H](C)C(=O)N[C@H](C(=O)C(C)C)C(C)C.CC(C)N[C@H](C(=O)C[C@@H](C)C(=O)C(C)C)C(C)C. The molecule has 0 saturated carbocycles. The van der Waals surface area contributed by atoms with E-state index in [4.69, 9.17) is 0 Å². The molecule has 0 fully saturated rings. The van der Waals surface area contributed by atoms with Crippen LogP contribution in [0.3, 0.4) is 0 Å².